The molecule has 0 unspecified atom stereocenters. The Balaban J connectivity index is 1.66. The molecule has 1 saturated carbocycles. The second-order valence-electron chi connectivity index (χ2n) is 5.61. The van der Waals surface area contributed by atoms with Crippen molar-refractivity contribution >= 4 is 23.2 Å². The van der Waals surface area contributed by atoms with Crippen LogP contribution in [-0.4, -0.2) is 26.1 Å². The van der Waals surface area contributed by atoms with E-state index in [-0.39, 0.29) is 11.9 Å². The Morgan fingerprint density at radius 2 is 2.09 bits per heavy atom. The van der Waals surface area contributed by atoms with Crippen molar-refractivity contribution in [3.05, 3.63) is 41.4 Å². The predicted octanol–water partition coefficient (Wildman–Crippen LogP) is 2.35. The zero-order chi connectivity index (χ0) is 15.6. The van der Waals surface area contributed by atoms with Gasteiger partial charge in [-0.15, -0.1) is 0 Å². The summed E-state index contributed by atoms with van der Waals surface area (Å²) in [6, 6.07) is 3.97. The van der Waals surface area contributed by atoms with Gasteiger partial charge in [0, 0.05) is 24.0 Å². The number of rotatable bonds is 3. The summed E-state index contributed by atoms with van der Waals surface area (Å²) in [7, 11) is 0. The Hall–Kier alpha value is -1.92. The summed E-state index contributed by atoms with van der Waals surface area (Å²) in [6.45, 7) is 0. The van der Waals surface area contributed by atoms with Crippen LogP contribution in [0.5, 0.6) is 0 Å². The molecule has 4 N–H and O–H groups in total. The maximum Gasteiger partial charge on any atom is 0.150 e. The first-order valence-electron chi connectivity index (χ1n) is 7.24. The quantitative estimate of drug-likeness (QED) is 0.803. The van der Waals surface area contributed by atoms with Crippen LogP contribution in [0.3, 0.4) is 0 Å². The first-order chi connectivity index (χ1) is 10.6. The van der Waals surface area contributed by atoms with E-state index in [4.69, 9.17) is 17.3 Å². The van der Waals surface area contributed by atoms with E-state index in [1.54, 1.807) is 12.4 Å². The number of aliphatic hydroxyl groups is 1. The molecule has 0 aliphatic heterocycles. The van der Waals surface area contributed by atoms with E-state index in [0.717, 1.165) is 18.4 Å². The van der Waals surface area contributed by atoms with Crippen LogP contribution in [-0.2, 0) is 5.60 Å². The summed E-state index contributed by atoms with van der Waals surface area (Å²) >= 11 is 6.09. The average Bonchev–Trinajstić information content (AvgIpc) is 2.55. The van der Waals surface area contributed by atoms with Crippen LogP contribution in [0.4, 0.5) is 11.6 Å². The third kappa shape index (κ3) is 2.98. The Bertz CT molecular complexity index is 644. The van der Waals surface area contributed by atoms with Crippen LogP contribution in [0.15, 0.2) is 30.9 Å². The fourth-order valence-corrected chi connectivity index (χ4v) is 3.00. The largest absolute Gasteiger partial charge is 0.385 e. The number of halogens is 1. The molecule has 0 spiro atoms. The van der Waals surface area contributed by atoms with Crippen LogP contribution in [0.1, 0.15) is 31.2 Å². The summed E-state index contributed by atoms with van der Waals surface area (Å²) < 4.78 is 0. The van der Waals surface area contributed by atoms with Crippen LogP contribution in [0, 0.1) is 0 Å². The number of nitrogen functional groups attached to an aromatic ring is 1. The highest BCUT2D eigenvalue weighted by Gasteiger charge is 2.35. The van der Waals surface area contributed by atoms with Gasteiger partial charge in [-0.2, -0.15) is 0 Å². The number of pyridine rings is 1. The lowest BCUT2D eigenvalue weighted by atomic mass is 9.78. The third-order valence-corrected chi connectivity index (χ3v) is 4.54. The number of nitrogens with two attached hydrogens (primary N) is 1. The summed E-state index contributed by atoms with van der Waals surface area (Å²) in [5.41, 5.74) is 5.74. The van der Waals surface area contributed by atoms with Gasteiger partial charge in [0.05, 0.1) is 5.60 Å². The Morgan fingerprint density at radius 1 is 1.32 bits per heavy atom. The molecule has 7 heteroatoms. The molecule has 22 heavy (non-hydrogen) atoms. The van der Waals surface area contributed by atoms with Crippen molar-refractivity contribution in [2.24, 2.45) is 0 Å². The number of anilines is 2. The van der Waals surface area contributed by atoms with Crippen molar-refractivity contribution in [1.29, 1.82) is 0 Å². The van der Waals surface area contributed by atoms with Gasteiger partial charge >= 0.3 is 0 Å². The fourth-order valence-electron chi connectivity index (χ4n) is 2.84. The van der Waals surface area contributed by atoms with Gasteiger partial charge in [-0.25, -0.2) is 9.97 Å². The fraction of sp³-hybridized carbons (Fsp3) is 0.400. The van der Waals surface area contributed by atoms with E-state index in [9.17, 15) is 5.11 Å². The lowest BCUT2D eigenvalue weighted by Crippen LogP contribution is -2.36. The van der Waals surface area contributed by atoms with Crippen LogP contribution < -0.4 is 11.1 Å². The van der Waals surface area contributed by atoms with E-state index in [1.807, 2.05) is 12.1 Å². The molecule has 3 rings (SSSR count). The number of hydrogen-bond donors (Lipinski definition) is 3. The molecule has 2 aromatic rings. The Labute approximate surface area is 133 Å². The average molecular weight is 320 g/mol. The minimum atomic E-state index is -0.805. The highest BCUT2D eigenvalue weighted by atomic mass is 35.5. The first-order valence-corrected chi connectivity index (χ1v) is 7.62. The minimum Gasteiger partial charge on any atom is -0.385 e. The minimum absolute atomic E-state index is 0.198. The molecular weight excluding hydrogens is 302 g/mol. The molecule has 0 amide bonds. The topological polar surface area (TPSA) is 97.0 Å². The maximum absolute atomic E-state index is 10.8. The highest BCUT2D eigenvalue weighted by molar-refractivity contribution is 6.35. The van der Waals surface area contributed by atoms with Gasteiger partial charge < -0.3 is 16.2 Å². The highest BCUT2D eigenvalue weighted by Crippen LogP contribution is 2.38. The Morgan fingerprint density at radius 3 is 2.77 bits per heavy atom. The first kappa shape index (κ1) is 15.0. The van der Waals surface area contributed by atoms with Crippen LogP contribution in [0.25, 0.3) is 0 Å². The normalized spacial score (nSPS) is 24.9. The molecule has 0 bridgehead atoms. The van der Waals surface area contributed by atoms with Gasteiger partial charge in [-0.05, 0) is 31.7 Å². The molecule has 0 saturated heterocycles. The lowest BCUT2D eigenvalue weighted by molar-refractivity contribution is -0.00363. The smallest absolute Gasteiger partial charge is 0.150 e. The summed E-state index contributed by atoms with van der Waals surface area (Å²) in [5, 5.41) is 14.4. The summed E-state index contributed by atoms with van der Waals surface area (Å²) in [5.74, 6) is 0.813. The second-order valence-corrected chi connectivity index (χ2v) is 5.99. The van der Waals surface area contributed by atoms with Crippen molar-refractivity contribution in [3.8, 4) is 0 Å². The Kier molecular flexibility index (Phi) is 4.13. The zero-order valence-electron chi connectivity index (χ0n) is 12.0. The van der Waals surface area contributed by atoms with Crippen molar-refractivity contribution in [2.75, 3.05) is 11.1 Å². The molecule has 1 aliphatic carbocycles. The van der Waals surface area contributed by atoms with Gasteiger partial charge in [0.1, 0.15) is 17.2 Å². The van der Waals surface area contributed by atoms with Crippen LogP contribution in [0.2, 0.25) is 5.02 Å². The standard InChI is InChI=1S/C15H18ClN5O/c16-12-13(17)19-9-20-14(12)21-11-3-5-15(22,6-4-11)10-2-1-7-18-8-10/h1-2,7-9,11,22H,3-6H2,(H3,17,19,20,21). The second kappa shape index (κ2) is 6.06. The number of aromatic nitrogens is 3. The van der Waals surface area contributed by atoms with Crippen molar-refractivity contribution < 1.29 is 5.11 Å². The van der Waals surface area contributed by atoms with E-state index < -0.39 is 5.60 Å². The van der Waals surface area contributed by atoms with Gasteiger partial charge in [0.15, 0.2) is 5.82 Å². The molecule has 0 aromatic carbocycles. The SMILES string of the molecule is Nc1ncnc(NC2CCC(O)(c3cccnc3)CC2)c1Cl. The van der Waals surface area contributed by atoms with E-state index in [2.05, 4.69) is 20.3 Å². The molecular formula is C15H18ClN5O. The molecule has 6 nitrogen and oxygen atoms in total. The lowest BCUT2D eigenvalue weighted by Gasteiger charge is -2.36. The predicted molar refractivity (Wildman–Crippen MR) is 85.5 cm³/mol. The van der Waals surface area contributed by atoms with Crippen molar-refractivity contribution in [1.82, 2.24) is 15.0 Å². The van der Waals surface area contributed by atoms with E-state index in [1.165, 1.54) is 6.33 Å². The van der Waals surface area contributed by atoms with Gasteiger partial charge in [0.25, 0.3) is 0 Å². The molecule has 2 heterocycles. The molecule has 116 valence electrons. The van der Waals surface area contributed by atoms with E-state index >= 15 is 0 Å². The molecule has 2 aromatic heterocycles. The maximum atomic E-state index is 10.8. The summed E-state index contributed by atoms with van der Waals surface area (Å²) in [6.07, 6.45) is 7.77. The van der Waals surface area contributed by atoms with Gasteiger partial charge in [-0.3, -0.25) is 4.98 Å². The number of hydrogen-bond acceptors (Lipinski definition) is 6. The summed E-state index contributed by atoms with van der Waals surface area (Å²) in [4.78, 5) is 12.1. The molecule has 1 aliphatic rings. The van der Waals surface area contributed by atoms with E-state index in [0.29, 0.717) is 23.7 Å². The zero-order valence-corrected chi connectivity index (χ0v) is 12.8. The van der Waals surface area contributed by atoms with Crippen molar-refractivity contribution in [2.45, 2.75) is 37.3 Å². The third-order valence-electron chi connectivity index (χ3n) is 4.17. The van der Waals surface area contributed by atoms with Gasteiger partial charge in [0.2, 0.25) is 0 Å². The number of nitrogens with zero attached hydrogens (tertiary/aromatic N) is 3. The molecule has 0 atom stereocenters. The number of nitrogens with one attached hydrogen (secondary N) is 1. The molecule has 0 radical (unpaired) electrons. The van der Waals surface area contributed by atoms with Crippen molar-refractivity contribution in [3.63, 3.8) is 0 Å². The monoisotopic (exact) mass is 319 g/mol. The van der Waals surface area contributed by atoms with Gasteiger partial charge in [-0.1, -0.05) is 17.7 Å². The van der Waals surface area contributed by atoms with Crippen LogP contribution >= 0.6 is 11.6 Å². The molecule has 1 fully saturated rings.